The van der Waals surface area contributed by atoms with Crippen LogP contribution in [0.25, 0.3) is 10.9 Å². The van der Waals surface area contributed by atoms with Gasteiger partial charge in [-0.05, 0) is 31.9 Å². The minimum atomic E-state index is 0.853. The van der Waals surface area contributed by atoms with E-state index in [9.17, 15) is 0 Å². The lowest BCUT2D eigenvalue weighted by Gasteiger charge is -1.89. The zero-order valence-corrected chi connectivity index (χ0v) is 8.48. The first kappa shape index (κ1) is 7.24. The highest BCUT2D eigenvalue weighted by Gasteiger charge is 2.05. The van der Waals surface area contributed by atoms with Crippen molar-refractivity contribution >= 4 is 42.8 Å². The molecular weight excluding hydrogens is 274 g/mol. The molecule has 2 heterocycles. The highest BCUT2D eigenvalue weighted by Crippen LogP contribution is 2.27. The zero-order valence-electron chi connectivity index (χ0n) is 5.31. The fraction of sp³-hybridized carbons (Fsp3) is 0. The molecule has 11 heavy (non-hydrogen) atoms. The number of hydrogen-bond acceptors (Lipinski definition) is 2. The molecule has 0 aliphatic heterocycles. The number of rotatable bonds is 0. The van der Waals surface area contributed by atoms with Crippen molar-refractivity contribution in [2.45, 2.75) is 0 Å². The van der Waals surface area contributed by atoms with E-state index in [4.69, 9.17) is 0 Å². The van der Waals surface area contributed by atoms with E-state index in [1.165, 1.54) is 0 Å². The van der Waals surface area contributed by atoms with Gasteiger partial charge >= 0.3 is 0 Å². The molecule has 0 amide bonds. The fourth-order valence-corrected chi connectivity index (χ4v) is 2.18. The Morgan fingerprint density at radius 2 is 2.09 bits per heavy atom. The van der Waals surface area contributed by atoms with Gasteiger partial charge in [0, 0.05) is 10.7 Å². The highest BCUT2D eigenvalue weighted by molar-refractivity contribution is 9.11. The van der Waals surface area contributed by atoms with Crippen molar-refractivity contribution in [1.29, 1.82) is 0 Å². The standard InChI is InChI=1S/C6H3Br2N3/c7-3-1-9-2-4-5(3)6(8)11-10-4/h1-2H,(H,10,11). The largest absolute Gasteiger partial charge is 0.270 e. The van der Waals surface area contributed by atoms with Gasteiger partial charge in [0.2, 0.25) is 0 Å². The number of halogens is 2. The van der Waals surface area contributed by atoms with Gasteiger partial charge in [-0.15, -0.1) is 0 Å². The normalized spacial score (nSPS) is 10.7. The first-order valence-electron chi connectivity index (χ1n) is 2.92. The van der Waals surface area contributed by atoms with E-state index in [0.717, 1.165) is 20.0 Å². The molecular formula is C6H3Br2N3. The van der Waals surface area contributed by atoms with Gasteiger partial charge < -0.3 is 0 Å². The molecule has 0 aliphatic rings. The lowest BCUT2D eigenvalue weighted by molar-refractivity contribution is 1.09. The highest BCUT2D eigenvalue weighted by atomic mass is 79.9. The molecule has 0 spiro atoms. The lowest BCUT2D eigenvalue weighted by atomic mass is 10.3. The molecule has 2 rings (SSSR count). The predicted octanol–water partition coefficient (Wildman–Crippen LogP) is 2.48. The Bertz CT molecular complexity index is 396. The van der Waals surface area contributed by atoms with Gasteiger partial charge in [-0.2, -0.15) is 5.10 Å². The number of hydrogen-bond donors (Lipinski definition) is 1. The van der Waals surface area contributed by atoms with E-state index in [-0.39, 0.29) is 0 Å². The second-order valence-electron chi connectivity index (χ2n) is 2.05. The fourth-order valence-electron chi connectivity index (χ4n) is 0.892. The van der Waals surface area contributed by atoms with Crippen LogP contribution in [0.1, 0.15) is 0 Å². The average Bonchev–Trinajstić information content (AvgIpc) is 2.34. The van der Waals surface area contributed by atoms with Crippen molar-refractivity contribution in [1.82, 2.24) is 15.2 Å². The third-order valence-electron chi connectivity index (χ3n) is 1.37. The van der Waals surface area contributed by atoms with Crippen molar-refractivity contribution in [3.63, 3.8) is 0 Å². The molecule has 2 aromatic heterocycles. The molecule has 0 saturated heterocycles. The maximum absolute atomic E-state index is 4.01. The van der Waals surface area contributed by atoms with Crippen LogP contribution in [-0.4, -0.2) is 15.2 Å². The number of aromatic nitrogens is 3. The first-order chi connectivity index (χ1) is 5.29. The van der Waals surface area contributed by atoms with Gasteiger partial charge in [-0.1, -0.05) is 0 Å². The van der Waals surface area contributed by atoms with Crippen LogP contribution in [0, 0.1) is 0 Å². The predicted molar refractivity (Wildman–Crippen MR) is 49.3 cm³/mol. The third-order valence-corrected chi connectivity index (χ3v) is 2.55. The smallest absolute Gasteiger partial charge is 0.113 e. The second-order valence-corrected chi connectivity index (χ2v) is 3.70. The Balaban J connectivity index is 2.96. The van der Waals surface area contributed by atoms with Gasteiger partial charge in [0.15, 0.2) is 0 Å². The summed E-state index contributed by atoms with van der Waals surface area (Å²) in [5.41, 5.74) is 0.853. The number of nitrogens with one attached hydrogen (secondary N) is 1. The molecule has 5 heteroatoms. The SMILES string of the molecule is Brc1cncc2n[nH]c(Br)c12. The molecule has 0 saturated carbocycles. The first-order valence-corrected chi connectivity index (χ1v) is 4.50. The minimum absolute atomic E-state index is 0.853. The van der Waals surface area contributed by atoms with Gasteiger partial charge in [0.25, 0.3) is 0 Å². The monoisotopic (exact) mass is 275 g/mol. The number of aromatic amines is 1. The van der Waals surface area contributed by atoms with Gasteiger partial charge in [-0.25, -0.2) is 0 Å². The lowest BCUT2D eigenvalue weighted by Crippen LogP contribution is -1.73. The van der Waals surface area contributed by atoms with Crippen LogP contribution < -0.4 is 0 Å². The summed E-state index contributed by atoms with van der Waals surface area (Å²) in [4.78, 5) is 3.98. The summed E-state index contributed by atoms with van der Waals surface area (Å²) in [7, 11) is 0. The maximum Gasteiger partial charge on any atom is 0.113 e. The van der Waals surface area contributed by atoms with E-state index < -0.39 is 0 Å². The Morgan fingerprint density at radius 3 is 2.82 bits per heavy atom. The van der Waals surface area contributed by atoms with Crippen LogP contribution in [0.15, 0.2) is 21.5 Å². The summed E-state index contributed by atoms with van der Waals surface area (Å²) in [6.45, 7) is 0. The van der Waals surface area contributed by atoms with Crippen molar-refractivity contribution in [3.8, 4) is 0 Å². The molecule has 0 aliphatic carbocycles. The van der Waals surface area contributed by atoms with E-state index in [2.05, 4.69) is 47.0 Å². The van der Waals surface area contributed by atoms with Crippen molar-refractivity contribution in [2.75, 3.05) is 0 Å². The second kappa shape index (κ2) is 2.57. The minimum Gasteiger partial charge on any atom is -0.270 e. The summed E-state index contributed by atoms with van der Waals surface area (Å²) in [5, 5.41) is 7.86. The van der Waals surface area contributed by atoms with Crippen LogP contribution in [0.4, 0.5) is 0 Å². The molecule has 1 N–H and O–H groups in total. The summed E-state index contributed by atoms with van der Waals surface area (Å²) in [5.74, 6) is 0. The van der Waals surface area contributed by atoms with Gasteiger partial charge in [-0.3, -0.25) is 10.1 Å². The van der Waals surface area contributed by atoms with Crippen molar-refractivity contribution in [3.05, 3.63) is 21.5 Å². The number of nitrogens with zero attached hydrogens (tertiary/aromatic N) is 2. The quantitative estimate of drug-likeness (QED) is 0.803. The van der Waals surface area contributed by atoms with Crippen LogP contribution in [0.3, 0.4) is 0 Å². The Kier molecular flexibility index (Phi) is 1.69. The van der Waals surface area contributed by atoms with Crippen LogP contribution in [-0.2, 0) is 0 Å². The van der Waals surface area contributed by atoms with Gasteiger partial charge in [0.05, 0.1) is 11.6 Å². The molecule has 56 valence electrons. The Hall–Kier alpha value is -0.420. The molecule has 0 fully saturated rings. The van der Waals surface area contributed by atoms with E-state index in [1.54, 1.807) is 12.4 Å². The molecule has 2 aromatic rings. The van der Waals surface area contributed by atoms with E-state index in [0.29, 0.717) is 0 Å². The topological polar surface area (TPSA) is 41.6 Å². The van der Waals surface area contributed by atoms with Crippen LogP contribution >= 0.6 is 31.9 Å². The average molecular weight is 277 g/mol. The van der Waals surface area contributed by atoms with Crippen LogP contribution in [0.2, 0.25) is 0 Å². The van der Waals surface area contributed by atoms with Crippen molar-refractivity contribution in [2.24, 2.45) is 0 Å². The third kappa shape index (κ3) is 1.08. The number of H-pyrrole nitrogens is 1. The number of fused-ring (bicyclic) bond motifs is 1. The zero-order chi connectivity index (χ0) is 7.84. The van der Waals surface area contributed by atoms with Crippen molar-refractivity contribution < 1.29 is 0 Å². The Morgan fingerprint density at radius 1 is 1.27 bits per heavy atom. The van der Waals surface area contributed by atoms with Gasteiger partial charge in [0.1, 0.15) is 10.1 Å². The molecule has 0 radical (unpaired) electrons. The van der Waals surface area contributed by atoms with E-state index >= 15 is 0 Å². The van der Waals surface area contributed by atoms with Crippen LogP contribution in [0.5, 0.6) is 0 Å². The molecule has 0 unspecified atom stereocenters. The molecule has 0 bridgehead atoms. The summed E-state index contributed by atoms with van der Waals surface area (Å²) in [6.07, 6.45) is 3.45. The molecule has 3 nitrogen and oxygen atoms in total. The van der Waals surface area contributed by atoms with E-state index in [1.807, 2.05) is 0 Å². The maximum atomic E-state index is 4.01. The summed E-state index contributed by atoms with van der Waals surface area (Å²) >= 11 is 6.72. The summed E-state index contributed by atoms with van der Waals surface area (Å²) in [6, 6.07) is 0. The molecule has 0 atom stereocenters. The number of pyridine rings is 1. The molecule has 0 aromatic carbocycles. The Labute approximate surface area is 79.5 Å². The summed E-state index contributed by atoms with van der Waals surface area (Å²) < 4.78 is 1.82.